The summed E-state index contributed by atoms with van der Waals surface area (Å²) in [6.07, 6.45) is 4.76. The molecule has 1 aromatic carbocycles. The second-order valence-corrected chi connectivity index (χ2v) is 6.19. The van der Waals surface area contributed by atoms with Gasteiger partial charge in [-0.1, -0.05) is 30.3 Å². The minimum Gasteiger partial charge on any atom is -0.392 e. The molecule has 0 aromatic heterocycles. The minimum absolute atomic E-state index is 0.179. The molecular formula is C16H20O2. The lowest BCUT2D eigenvalue weighted by Crippen LogP contribution is -2.35. The van der Waals surface area contributed by atoms with Gasteiger partial charge in [0.2, 0.25) is 0 Å². The molecule has 18 heavy (non-hydrogen) atoms. The summed E-state index contributed by atoms with van der Waals surface area (Å²) in [5, 5.41) is 10.5. The lowest BCUT2D eigenvalue weighted by molar-refractivity contribution is 0.0406. The second kappa shape index (κ2) is 3.82. The van der Waals surface area contributed by atoms with Crippen molar-refractivity contribution < 1.29 is 9.84 Å². The zero-order chi connectivity index (χ0) is 12.2. The topological polar surface area (TPSA) is 29.5 Å². The summed E-state index contributed by atoms with van der Waals surface area (Å²) in [7, 11) is 0. The van der Waals surface area contributed by atoms with Crippen molar-refractivity contribution in [3.63, 3.8) is 0 Å². The molecule has 1 spiro atoms. The van der Waals surface area contributed by atoms with E-state index in [1.807, 2.05) is 0 Å². The largest absolute Gasteiger partial charge is 0.392 e. The van der Waals surface area contributed by atoms with Crippen molar-refractivity contribution in [2.24, 2.45) is 11.3 Å². The Labute approximate surface area is 108 Å². The first-order valence-electron chi connectivity index (χ1n) is 7.17. The molecule has 0 bridgehead atoms. The van der Waals surface area contributed by atoms with Crippen LogP contribution in [0.4, 0.5) is 0 Å². The molecule has 1 heterocycles. The summed E-state index contributed by atoms with van der Waals surface area (Å²) in [4.78, 5) is 0. The summed E-state index contributed by atoms with van der Waals surface area (Å²) in [5.74, 6) is 0.962. The summed E-state index contributed by atoms with van der Waals surface area (Å²) in [6, 6.07) is 10.6. The van der Waals surface area contributed by atoms with E-state index in [1.165, 1.54) is 18.4 Å². The molecule has 96 valence electrons. The van der Waals surface area contributed by atoms with Gasteiger partial charge in [0.15, 0.2) is 0 Å². The molecule has 5 atom stereocenters. The Morgan fingerprint density at radius 1 is 1.17 bits per heavy atom. The first kappa shape index (κ1) is 11.0. The van der Waals surface area contributed by atoms with E-state index >= 15 is 0 Å². The van der Waals surface area contributed by atoms with Gasteiger partial charge < -0.3 is 9.84 Å². The third-order valence-electron chi connectivity index (χ3n) is 5.64. The van der Waals surface area contributed by atoms with Crippen LogP contribution in [0.5, 0.6) is 0 Å². The monoisotopic (exact) mass is 244 g/mol. The molecule has 1 N–H and O–H groups in total. The van der Waals surface area contributed by atoms with E-state index in [1.54, 1.807) is 0 Å². The van der Waals surface area contributed by atoms with Crippen molar-refractivity contribution in [2.45, 2.75) is 43.8 Å². The highest BCUT2D eigenvalue weighted by Gasteiger charge is 2.63. The Bertz CT molecular complexity index is 444. The molecule has 3 fully saturated rings. The van der Waals surface area contributed by atoms with Crippen molar-refractivity contribution in [1.82, 2.24) is 0 Å². The van der Waals surface area contributed by atoms with Gasteiger partial charge in [-0.3, -0.25) is 0 Å². The number of aliphatic hydroxyl groups is 1. The van der Waals surface area contributed by atoms with Gasteiger partial charge in [-0.15, -0.1) is 0 Å². The van der Waals surface area contributed by atoms with Crippen LogP contribution in [0.2, 0.25) is 0 Å². The van der Waals surface area contributed by atoms with Crippen molar-refractivity contribution >= 4 is 0 Å². The summed E-state index contributed by atoms with van der Waals surface area (Å²) < 4.78 is 5.97. The predicted octanol–water partition coefficient (Wildman–Crippen LogP) is 2.72. The van der Waals surface area contributed by atoms with E-state index in [2.05, 4.69) is 30.3 Å². The highest BCUT2D eigenvalue weighted by atomic mass is 16.5. The average molecular weight is 244 g/mol. The second-order valence-electron chi connectivity index (χ2n) is 6.19. The van der Waals surface area contributed by atoms with E-state index < -0.39 is 0 Å². The predicted molar refractivity (Wildman–Crippen MR) is 69.3 cm³/mol. The molecule has 2 aliphatic carbocycles. The number of ether oxygens (including phenoxy) is 1. The first-order valence-corrected chi connectivity index (χ1v) is 7.17. The van der Waals surface area contributed by atoms with Gasteiger partial charge in [0, 0.05) is 17.9 Å². The Hall–Kier alpha value is -0.860. The van der Waals surface area contributed by atoms with Crippen LogP contribution in [0, 0.1) is 11.3 Å². The Morgan fingerprint density at radius 3 is 2.83 bits per heavy atom. The van der Waals surface area contributed by atoms with E-state index in [-0.39, 0.29) is 11.5 Å². The average Bonchev–Trinajstić information content (AvgIpc) is 2.99. The fourth-order valence-corrected chi connectivity index (χ4v) is 5.06. The molecule has 2 saturated carbocycles. The molecule has 3 aliphatic rings. The van der Waals surface area contributed by atoms with Crippen molar-refractivity contribution in [2.75, 3.05) is 6.61 Å². The molecule has 0 unspecified atom stereocenters. The fourth-order valence-electron chi connectivity index (χ4n) is 5.06. The van der Waals surface area contributed by atoms with Crippen LogP contribution in [0.25, 0.3) is 0 Å². The van der Waals surface area contributed by atoms with Gasteiger partial charge in [-0.2, -0.15) is 0 Å². The van der Waals surface area contributed by atoms with Crippen molar-refractivity contribution in [3.05, 3.63) is 35.9 Å². The van der Waals surface area contributed by atoms with Crippen LogP contribution in [0.3, 0.4) is 0 Å². The Kier molecular flexibility index (Phi) is 2.33. The summed E-state index contributed by atoms with van der Waals surface area (Å²) in [5.41, 5.74) is 1.55. The van der Waals surface area contributed by atoms with Crippen LogP contribution in [-0.4, -0.2) is 23.9 Å². The van der Waals surface area contributed by atoms with Crippen LogP contribution in [0.1, 0.15) is 37.2 Å². The highest BCUT2D eigenvalue weighted by molar-refractivity contribution is 5.29. The molecule has 2 heteroatoms. The number of aliphatic hydroxyl groups excluding tert-OH is 1. The van der Waals surface area contributed by atoms with Crippen molar-refractivity contribution in [1.29, 1.82) is 0 Å². The lowest BCUT2D eigenvalue weighted by atomic mass is 9.68. The molecule has 1 aromatic rings. The minimum atomic E-state index is -0.179. The van der Waals surface area contributed by atoms with E-state index in [9.17, 15) is 5.11 Å². The van der Waals surface area contributed by atoms with E-state index in [4.69, 9.17) is 4.74 Å². The third kappa shape index (κ3) is 1.25. The number of benzene rings is 1. The Balaban J connectivity index is 1.81. The summed E-state index contributed by atoms with van der Waals surface area (Å²) in [6.45, 7) is 0.886. The van der Waals surface area contributed by atoms with E-state index in [0.717, 1.165) is 19.4 Å². The van der Waals surface area contributed by atoms with Gasteiger partial charge in [-0.25, -0.2) is 0 Å². The molecule has 0 amide bonds. The molecule has 1 aliphatic heterocycles. The lowest BCUT2D eigenvalue weighted by Gasteiger charge is -2.36. The number of hydrogen-bond acceptors (Lipinski definition) is 2. The molecule has 2 nitrogen and oxygen atoms in total. The molecule has 4 rings (SSSR count). The van der Waals surface area contributed by atoms with Crippen LogP contribution in [0.15, 0.2) is 30.3 Å². The third-order valence-corrected chi connectivity index (χ3v) is 5.64. The molecule has 0 radical (unpaired) electrons. The van der Waals surface area contributed by atoms with Crippen molar-refractivity contribution in [3.8, 4) is 0 Å². The molecular weight excluding hydrogens is 224 g/mol. The van der Waals surface area contributed by atoms with Gasteiger partial charge in [0.1, 0.15) is 0 Å². The standard InChI is InChI=1S/C16H20O2/c17-13-10-12-6-7-14-16(12,8-9-18-14)15(13)11-4-2-1-3-5-11/h1-5,12-15,17H,6-10H2/t12-,13+,14+,15+,16+/m1/s1. The van der Waals surface area contributed by atoms with Gasteiger partial charge in [0.25, 0.3) is 0 Å². The number of rotatable bonds is 1. The smallest absolute Gasteiger partial charge is 0.0641 e. The van der Waals surface area contributed by atoms with Crippen LogP contribution < -0.4 is 0 Å². The quantitative estimate of drug-likeness (QED) is 0.823. The molecule has 1 saturated heterocycles. The number of hydrogen-bond donors (Lipinski definition) is 1. The van der Waals surface area contributed by atoms with Gasteiger partial charge >= 0.3 is 0 Å². The highest BCUT2D eigenvalue weighted by Crippen LogP contribution is 2.65. The van der Waals surface area contributed by atoms with Gasteiger partial charge in [-0.05, 0) is 37.2 Å². The van der Waals surface area contributed by atoms with Crippen LogP contribution >= 0.6 is 0 Å². The van der Waals surface area contributed by atoms with Gasteiger partial charge in [0.05, 0.1) is 12.2 Å². The normalized spacial score (nSPS) is 46.1. The summed E-state index contributed by atoms with van der Waals surface area (Å²) >= 11 is 0. The SMILES string of the molecule is O[C@H]1C[C@H]2CC[C@@H]3OCC[C@]23[C@H]1c1ccccc1. The zero-order valence-corrected chi connectivity index (χ0v) is 10.6. The first-order chi connectivity index (χ1) is 8.82. The maximum absolute atomic E-state index is 10.5. The maximum atomic E-state index is 10.5. The maximum Gasteiger partial charge on any atom is 0.0641 e. The Morgan fingerprint density at radius 2 is 2.00 bits per heavy atom. The fraction of sp³-hybridized carbons (Fsp3) is 0.625. The van der Waals surface area contributed by atoms with Crippen LogP contribution in [-0.2, 0) is 4.74 Å². The zero-order valence-electron chi connectivity index (χ0n) is 10.6. The van der Waals surface area contributed by atoms with E-state index in [0.29, 0.717) is 17.9 Å².